The van der Waals surface area contributed by atoms with Crippen LogP contribution in [0.2, 0.25) is 0 Å². The van der Waals surface area contributed by atoms with E-state index in [1.54, 1.807) is 0 Å². The Bertz CT molecular complexity index is 1340. The van der Waals surface area contributed by atoms with Gasteiger partial charge in [0.25, 0.3) is 0 Å². The van der Waals surface area contributed by atoms with Crippen molar-refractivity contribution in [3.63, 3.8) is 0 Å². The van der Waals surface area contributed by atoms with Crippen LogP contribution in [-0.2, 0) is 13.0 Å². The minimum Gasteiger partial charge on any atom is -0.341 e. The summed E-state index contributed by atoms with van der Waals surface area (Å²) in [6.45, 7) is 3.23. The van der Waals surface area contributed by atoms with Crippen molar-refractivity contribution in [3.8, 4) is 11.1 Å². The minimum atomic E-state index is 0.985. The fourth-order valence-electron chi connectivity index (χ4n) is 4.83. The Morgan fingerprint density at radius 1 is 0.731 bits per heavy atom. The van der Waals surface area contributed by atoms with Gasteiger partial charge in [0.05, 0.1) is 0 Å². The topological polar surface area (TPSA) is 4.93 Å². The first-order valence-corrected chi connectivity index (χ1v) is 9.40. The summed E-state index contributed by atoms with van der Waals surface area (Å²) in [6, 6.07) is 27.0. The summed E-state index contributed by atoms with van der Waals surface area (Å²) in [6.07, 6.45) is 1.05. The van der Waals surface area contributed by atoms with Gasteiger partial charge in [-0.15, -0.1) is 0 Å². The quantitative estimate of drug-likeness (QED) is 0.322. The van der Waals surface area contributed by atoms with E-state index in [1.807, 2.05) is 0 Å². The second kappa shape index (κ2) is 4.98. The Morgan fingerprint density at radius 3 is 2.50 bits per heavy atom. The molecule has 0 amide bonds. The number of benzene rings is 4. The highest BCUT2D eigenvalue weighted by Gasteiger charge is 2.21. The van der Waals surface area contributed by atoms with Crippen molar-refractivity contribution >= 4 is 32.6 Å². The molecule has 0 saturated carbocycles. The van der Waals surface area contributed by atoms with Crippen LogP contribution < -0.4 is 0 Å². The lowest BCUT2D eigenvalue weighted by atomic mass is 10.0. The molecular formula is C25H19N. The van der Waals surface area contributed by atoms with Crippen molar-refractivity contribution in [2.75, 3.05) is 0 Å². The zero-order chi connectivity index (χ0) is 17.3. The van der Waals surface area contributed by atoms with E-state index in [-0.39, 0.29) is 0 Å². The summed E-state index contributed by atoms with van der Waals surface area (Å²) in [5.41, 5.74) is 8.43. The maximum absolute atomic E-state index is 2.47. The second-order valence-corrected chi connectivity index (χ2v) is 7.29. The third-order valence-corrected chi connectivity index (χ3v) is 5.98. The van der Waals surface area contributed by atoms with Crippen molar-refractivity contribution in [3.05, 3.63) is 83.9 Å². The van der Waals surface area contributed by atoms with Crippen molar-refractivity contribution in [2.24, 2.45) is 0 Å². The van der Waals surface area contributed by atoms with Crippen LogP contribution in [-0.4, -0.2) is 4.57 Å². The molecule has 4 aromatic carbocycles. The molecule has 0 fully saturated rings. The lowest BCUT2D eigenvalue weighted by Crippen LogP contribution is -1.93. The van der Waals surface area contributed by atoms with Gasteiger partial charge in [0.1, 0.15) is 0 Å². The lowest BCUT2D eigenvalue weighted by molar-refractivity contribution is 0.827. The average Bonchev–Trinajstić information content (AvgIpc) is 3.20. The van der Waals surface area contributed by atoms with Crippen LogP contribution in [0.3, 0.4) is 0 Å². The number of nitrogens with zero attached hydrogens (tertiary/aromatic N) is 1. The zero-order valence-electron chi connectivity index (χ0n) is 14.8. The highest BCUT2D eigenvalue weighted by atomic mass is 15.0. The first-order valence-electron chi connectivity index (χ1n) is 9.40. The van der Waals surface area contributed by atoms with Crippen LogP contribution in [0.5, 0.6) is 0 Å². The van der Waals surface area contributed by atoms with Gasteiger partial charge in [-0.3, -0.25) is 0 Å². The predicted octanol–water partition coefficient (Wildman–Crippen LogP) is 6.54. The van der Waals surface area contributed by atoms with Gasteiger partial charge in [0, 0.05) is 28.4 Å². The Kier molecular flexibility index (Phi) is 2.71. The number of hydrogen-bond acceptors (Lipinski definition) is 0. The van der Waals surface area contributed by atoms with E-state index >= 15 is 0 Å². The van der Waals surface area contributed by atoms with Crippen molar-refractivity contribution in [1.29, 1.82) is 0 Å². The predicted molar refractivity (Wildman–Crippen MR) is 111 cm³/mol. The smallest absolute Gasteiger partial charge is 0.0497 e. The third kappa shape index (κ3) is 1.70. The van der Waals surface area contributed by atoms with Gasteiger partial charge in [-0.05, 0) is 64.6 Å². The van der Waals surface area contributed by atoms with Gasteiger partial charge in [-0.2, -0.15) is 0 Å². The molecule has 0 atom stereocenters. The van der Waals surface area contributed by atoms with Crippen molar-refractivity contribution < 1.29 is 0 Å². The van der Waals surface area contributed by atoms with Gasteiger partial charge in [0.2, 0.25) is 0 Å². The molecule has 26 heavy (non-hydrogen) atoms. The Morgan fingerprint density at radius 2 is 1.58 bits per heavy atom. The zero-order valence-corrected chi connectivity index (χ0v) is 14.8. The summed E-state index contributed by atoms with van der Waals surface area (Å²) in [7, 11) is 0. The molecule has 6 rings (SSSR count). The van der Waals surface area contributed by atoms with Gasteiger partial charge in [-0.1, -0.05) is 54.6 Å². The van der Waals surface area contributed by atoms with E-state index in [0.29, 0.717) is 0 Å². The number of aryl methyl sites for hydroxylation is 1. The first-order chi connectivity index (χ1) is 12.8. The van der Waals surface area contributed by atoms with Crippen molar-refractivity contribution in [2.45, 2.75) is 19.9 Å². The molecule has 1 heterocycles. The van der Waals surface area contributed by atoms with Gasteiger partial charge in [0.15, 0.2) is 0 Å². The highest BCUT2D eigenvalue weighted by Crippen LogP contribution is 2.42. The molecule has 5 aromatic rings. The fraction of sp³-hybridized carbons (Fsp3) is 0.120. The monoisotopic (exact) mass is 333 g/mol. The molecule has 1 aliphatic carbocycles. The molecule has 0 N–H and O–H groups in total. The third-order valence-electron chi connectivity index (χ3n) is 5.98. The second-order valence-electron chi connectivity index (χ2n) is 7.29. The largest absolute Gasteiger partial charge is 0.341 e. The molecule has 0 radical (unpaired) electrons. The minimum absolute atomic E-state index is 0.985. The molecule has 0 spiro atoms. The van der Waals surface area contributed by atoms with E-state index in [9.17, 15) is 0 Å². The number of hydrogen-bond donors (Lipinski definition) is 0. The summed E-state index contributed by atoms with van der Waals surface area (Å²) in [5.74, 6) is 0. The summed E-state index contributed by atoms with van der Waals surface area (Å²) in [4.78, 5) is 0. The van der Waals surface area contributed by atoms with Crippen molar-refractivity contribution in [1.82, 2.24) is 4.57 Å². The molecule has 0 unspecified atom stereocenters. The number of fused-ring (bicyclic) bond motifs is 8. The van der Waals surface area contributed by atoms with E-state index in [0.717, 1.165) is 13.0 Å². The fourth-order valence-corrected chi connectivity index (χ4v) is 4.83. The molecule has 1 aliphatic rings. The number of aromatic nitrogens is 1. The molecular weight excluding hydrogens is 314 g/mol. The summed E-state index contributed by atoms with van der Waals surface area (Å²) < 4.78 is 2.47. The van der Waals surface area contributed by atoms with Crippen LogP contribution in [0.25, 0.3) is 43.7 Å². The molecule has 124 valence electrons. The normalized spacial score (nSPS) is 12.8. The van der Waals surface area contributed by atoms with Crippen LogP contribution in [0.4, 0.5) is 0 Å². The maximum atomic E-state index is 2.47. The highest BCUT2D eigenvalue weighted by molar-refractivity contribution is 6.21. The van der Waals surface area contributed by atoms with E-state index in [1.165, 1.54) is 54.8 Å². The Hall–Kier alpha value is -3.06. The van der Waals surface area contributed by atoms with E-state index in [2.05, 4.69) is 84.3 Å². The lowest BCUT2D eigenvalue weighted by Gasteiger charge is -2.06. The van der Waals surface area contributed by atoms with E-state index < -0.39 is 0 Å². The molecule has 0 saturated heterocycles. The molecule has 1 heteroatoms. The van der Waals surface area contributed by atoms with Crippen LogP contribution in [0, 0.1) is 0 Å². The SMILES string of the molecule is CCn1c2cc3c(cc2c2c4ccccc4ccc21)Cc1ccccc1-3. The van der Waals surface area contributed by atoms with Gasteiger partial charge < -0.3 is 4.57 Å². The first kappa shape index (κ1) is 14.1. The van der Waals surface area contributed by atoms with Gasteiger partial charge >= 0.3 is 0 Å². The standard InChI is InChI=1S/C25H19N/c1-2-26-23-12-11-16-7-3-6-10-20(16)25(23)22-14-18-13-17-8-4-5-9-19(17)21(18)15-24(22)26/h3-12,14-15H,2,13H2,1H3. The molecule has 0 bridgehead atoms. The Balaban J connectivity index is 1.81. The number of rotatable bonds is 1. The average molecular weight is 333 g/mol. The summed E-state index contributed by atoms with van der Waals surface area (Å²) in [5, 5.41) is 5.47. The Labute approximate surface area is 152 Å². The van der Waals surface area contributed by atoms with Crippen LogP contribution >= 0.6 is 0 Å². The van der Waals surface area contributed by atoms with E-state index in [4.69, 9.17) is 0 Å². The summed E-state index contributed by atoms with van der Waals surface area (Å²) >= 11 is 0. The molecule has 1 aromatic heterocycles. The van der Waals surface area contributed by atoms with Gasteiger partial charge in [-0.25, -0.2) is 0 Å². The maximum Gasteiger partial charge on any atom is 0.0497 e. The van der Waals surface area contributed by atoms with Crippen LogP contribution in [0.15, 0.2) is 72.8 Å². The van der Waals surface area contributed by atoms with Crippen LogP contribution in [0.1, 0.15) is 18.1 Å². The molecule has 0 aliphatic heterocycles. The molecule has 1 nitrogen and oxygen atoms in total.